The van der Waals surface area contributed by atoms with Crippen LogP contribution in [-0.4, -0.2) is 58.8 Å². The monoisotopic (exact) mass is 290 g/mol. The molecule has 1 aromatic carbocycles. The molecule has 0 aromatic heterocycles. The highest BCUT2D eigenvalue weighted by molar-refractivity contribution is 5.68. The molecular formula is C16H22N2O3. The summed E-state index contributed by atoms with van der Waals surface area (Å²) in [6.07, 6.45) is 0.558. The van der Waals surface area contributed by atoms with Crippen molar-refractivity contribution in [3.63, 3.8) is 0 Å². The molecule has 0 spiro atoms. The van der Waals surface area contributed by atoms with Gasteiger partial charge in [-0.1, -0.05) is 30.3 Å². The van der Waals surface area contributed by atoms with Gasteiger partial charge in [-0.3, -0.25) is 4.90 Å². The molecule has 0 unspecified atom stereocenters. The summed E-state index contributed by atoms with van der Waals surface area (Å²) in [4.78, 5) is 15.9. The molecule has 2 fully saturated rings. The lowest BCUT2D eigenvalue weighted by atomic mass is 10.1. The van der Waals surface area contributed by atoms with E-state index >= 15 is 0 Å². The van der Waals surface area contributed by atoms with Crippen molar-refractivity contribution in [1.29, 1.82) is 0 Å². The quantitative estimate of drug-likeness (QED) is 0.916. The van der Waals surface area contributed by atoms with Gasteiger partial charge in [-0.15, -0.1) is 0 Å². The number of ether oxygens (including phenoxy) is 1. The third-order valence-electron chi connectivity index (χ3n) is 4.32. The molecule has 2 aliphatic heterocycles. The van der Waals surface area contributed by atoms with Crippen LogP contribution < -0.4 is 0 Å². The second-order valence-corrected chi connectivity index (χ2v) is 6.32. The van der Waals surface area contributed by atoms with Crippen LogP contribution in [0.25, 0.3) is 0 Å². The fourth-order valence-corrected chi connectivity index (χ4v) is 2.94. The van der Waals surface area contributed by atoms with Gasteiger partial charge in [0, 0.05) is 32.2 Å². The topological polar surface area (TPSA) is 53.0 Å². The van der Waals surface area contributed by atoms with Crippen molar-refractivity contribution < 1.29 is 14.6 Å². The molecule has 3 rings (SSSR count). The average molecular weight is 290 g/mol. The number of β-amino-alcohol motifs (C(OH)–C–C–N with tert-alkyl or cyclic N) is 1. The van der Waals surface area contributed by atoms with Crippen LogP contribution >= 0.6 is 0 Å². The molecule has 2 heterocycles. The minimum absolute atomic E-state index is 0.249. The Morgan fingerprint density at radius 1 is 1.38 bits per heavy atom. The molecule has 2 saturated heterocycles. The Balaban J connectivity index is 1.41. The first-order valence-electron chi connectivity index (χ1n) is 7.46. The first-order chi connectivity index (χ1) is 10.0. The van der Waals surface area contributed by atoms with E-state index in [0.717, 1.165) is 18.5 Å². The van der Waals surface area contributed by atoms with E-state index < -0.39 is 5.60 Å². The maximum atomic E-state index is 11.9. The van der Waals surface area contributed by atoms with Crippen molar-refractivity contribution in [1.82, 2.24) is 9.80 Å². The number of rotatable bonds is 3. The number of amides is 1. The zero-order valence-electron chi connectivity index (χ0n) is 12.4. The molecule has 2 aliphatic rings. The summed E-state index contributed by atoms with van der Waals surface area (Å²) in [5, 5.41) is 9.97. The highest BCUT2D eigenvalue weighted by atomic mass is 16.6. The minimum atomic E-state index is -0.575. The summed E-state index contributed by atoms with van der Waals surface area (Å²) in [5.41, 5.74) is 0.423. The highest BCUT2D eigenvalue weighted by Gasteiger charge is 2.41. The number of carbonyl (C=O) groups excluding carboxylic acids is 1. The summed E-state index contributed by atoms with van der Waals surface area (Å²) in [5.74, 6) is 0. The van der Waals surface area contributed by atoms with E-state index in [1.54, 1.807) is 4.90 Å². The molecule has 0 saturated carbocycles. The lowest BCUT2D eigenvalue weighted by Crippen LogP contribution is -2.61. The van der Waals surface area contributed by atoms with Gasteiger partial charge in [-0.2, -0.15) is 0 Å². The molecule has 1 aromatic rings. The van der Waals surface area contributed by atoms with Crippen LogP contribution in [0, 0.1) is 0 Å². The van der Waals surface area contributed by atoms with E-state index in [1.165, 1.54) is 0 Å². The molecule has 114 valence electrons. The fourth-order valence-electron chi connectivity index (χ4n) is 2.94. The van der Waals surface area contributed by atoms with Crippen LogP contribution in [0.4, 0.5) is 4.79 Å². The van der Waals surface area contributed by atoms with Gasteiger partial charge in [0.2, 0.25) is 0 Å². The van der Waals surface area contributed by atoms with Gasteiger partial charge >= 0.3 is 6.09 Å². The molecule has 0 bridgehead atoms. The average Bonchev–Trinajstić information content (AvgIpc) is 2.76. The Morgan fingerprint density at radius 3 is 2.71 bits per heavy atom. The van der Waals surface area contributed by atoms with Crippen LogP contribution in [0.3, 0.4) is 0 Å². The third-order valence-corrected chi connectivity index (χ3v) is 4.32. The number of nitrogens with zero attached hydrogens (tertiary/aromatic N) is 2. The zero-order chi connectivity index (χ0) is 14.9. The Labute approximate surface area is 125 Å². The molecule has 21 heavy (non-hydrogen) atoms. The molecular weight excluding hydrogens is 268 g/mol. The molecule has 5 nitrogen and oxygen atoms in total. The van der Waals surface area contributed by atoms with Crippen molar-refractivity contribution >= 4 is 6.09 Å². The van der Waals surface area contributed by atoms with E-state index in [0.29, 0.717) is 32.3 Å². The summed E-state index contributed by atoms with van der Waals surface area (Å²) in [6.45, 7) is 5.19. The van der Waals surface area contributed by atoms with Crippen molar-refractivity contribution in [3.8, 4) is 0 Å². The number of carbonyl (C=O) groups is 1. The van der Waals surface area contributed by atoms with Crippen molar-refractivity contribution in [2.24, 2.45) is 0 Å². The maximum Gasteiger partial charge on any atom is 0.410 e. The predicted octanol–water partition coefficient (Wildman–Crippen LogP) is 1.46. The normalized spacial score (nSPS) is 26.7. The summed E-state index contributed by atoms with van der Waals surface area (Å²) in [6, 6.07) is 10.1. The number of aliphatic hydroxyl groups is 1. The van der Waals surface area contributed by atoms with Crippen LogP contribution in [0.15, 0.2) is 30.3 Å². The van der Waals surface area contributed by atoms with E-state index in [9.17, 15) is 9.90 Å². The molecule has 0 aliphatic carbocycles. The fraction of sp³-hybridized carbons (Fsp3) is 0.562. The second kappa shape index (κ2) is 5.66. The van der Waals surface area contributed by atoms with Crippen LogP contribution in [-0.2, 0) is 11.3 Å². The van der Waals surface area contributed by atoms with Crippen molar-refractivity contribution in [2.75, 3.05) is 26.2 Å². The Kier molecular flexibility index (Phi) is 3.87. The lowest BCUT2D eigenvalue weighted by molar-refractivity contribution is 0.0114. The van der Waals surface area contributed by atoms with E-state index in [4.69, 9.17) is 4.74 Å². The first-order valence-corrected chi connectivity index (χ1v) is 7.46. The van der Waals surface area contributed by atoms with Crippen molar-refractivity contribution in [3.05, 3.63) is 35.9 Å². The maximum absolute atomic E-state index is 11.9. The molecule has 1 atom stereocenters. The SMILES string of the molecule is C[C@@]1(O)CCN(C2CN(C(=O)OCc3ccccc3)C2)C1. The molecule has 1 N–H and O–H groups in total. The van der Waals surface area contributed by atoms with Gasteiger partial charge in [0.1, 0.15) is 6.61 Å². The van der Waals surface area contributed by atoms with E-state index in [1.807, 2.05) is 37.3 Å². The number of likely N-dealkylation sites (tertiary alicyclic amines) is 2. The van der Waals surface area contributed by atoms with Gasteiger partial charge in [0.25, 0.3) is 0 Å². The number of hydrogen-bond donors (Lipinski definition) is 1. The minimum Gasteiger partial charge on any atom is -0.445 e. The number of benzene rings is 1. The number of hydrogen-bond acceptors (Lipinski definition) is 4. The lowest BCUT2D eigenvalue weighted by Gasteiger charge is -2.43. The molecule has 0 radical (unpaired) electrons. The van der Waals surface area contributed by atoms with Gasteiger partial charge < -0.3 is 14.7 Å². The van der Waals surface area contributed by atoms with Crippen LogP contribution in [0.5, 0.6) is 0 Å². The summed E-state index contributed by atoms with van der Waals surface area (Å²) < 4.78 is 5.30. The Bertz CT molecular complexity index is 498. The molecule has 5 heteroatoms. The third kappa shape index (κ3) is 3.36. The summed E-state index contributed by atoms with van der Waals surface area (Å²) in [7, 11) is 0. The highest BCUT2D eigenvalue weighted by Crippen LogP contribution is 2.26. The standard InChI is InChI=1S/C16H22N2O3/c1-16(20)7-8-17(12-16)14-9-18(10-14)15(19)21-11-13-5-3-2-4-6-13/h2-6,14,20H,7-12H2,1H3/t16-/m1/s1. The van der Waals surface area contributed by atoms with Crippen LogP contribution in [0.2, 0.25) is 0 Å². The van der Waals surface area contributed by atoms with Crippen molar-refractivity contribution in [2.45, 2.75) is 31.6 Å². The first kappa shape index (κ1) is 14.4. The molecule has 1 amide bonds. The van der Waals surface area contributed by atoms with E-state index in [-0.39, 0.29) is 6.09 Å². The smallest absolute Gasteiger partial charge is 0.410 e. The Hall–Kier alpha value is -1.59. The second-order valence-electron chi connectivity index (χ2n) is 6.32. The van der Waals surface area contributed by atoms with E-state index in [2.05, 4.69) is 4.90 Å². The van der Waals surface area contributed by atoms with Gasteiger partial charge in [0.05, 0.1) is 5.60 Å². The largest absolute Gasteiger partial charge is 0.445 e. The summed E-state index contributed by atoms with van der Waals surface area (Å²) >= 11 is 0. The van der Waals surface area contributed by atoms with Gasteiger partial charge in [-0.25, -0.2) is 4.79 Å². The predicted molar refractivity (Wildman–Crippen MR) is 78.8 cm³/mol. The Morgan fingerprint density at radius 2 is 2.10 bits per heavy atom. The van der Waals surface area contributed by atoms with Gasteiger partial charge in [0.15, 0.2) is 0 Å². The zero-order valence-corrected chi connectivity index (χ0v) is 12.4. The van der Waals surface area contributed by atoms with Gasteiger partial charge in [-0.05, 0) is 18.9 Å². The van der Waals surface area contributed by atoms with Crippen LogP contribution in [0.1, 0.15) is 18.9 Å².